The molecule has 1 saturated carbocycles. The molecule has 29 heavy (non-hydrogen) atoms. The molecule has 1 heterocycles. The van der Waals surface area contributed by atoms with Gasteiger partial charge in [0.15, 0.2) is 0 Å². The highest BCUT2D eigenvalue weighted by molar-refractivity contribution is 5.86. The predicted molar refractivity (Wildman–Crippen MR) is 112 cm³/mol. The van der Waals surface area contributed by atoms with Crippen LogP contribution in [0.4, 0.5) is 0 Å². The number of rotatable bonds is 6. The third kappa shape index (κ3) is 5.59. The van der Waals surface area contributed by atoms with E-state index in [0.29, 0.717) is 11.8 Å². The van der Waals surface area contributed by atoms with Gasteiger partial charge in [0, 0.05) is 30.6 Å². The Morgan fingerprint density at radius 3 is 2.52 bits per heavy atom. The van der Waals surface area contributed by atoms with Crippen LogP contribution in [0.3, 0.4) is 0 Å². The van der Waals surface area contributed by atoms with Crippen molar-refractivity contribution in [3.8, 4) is 0 Å². The summed E-state index contributed by atoms with van der Waals surface area (Å²) in [5, 5.41) is 4.11. The molecule has 0 saturated heterocycles. The van der Waals surface area contributed by atoms with Crippen LogP contribution in [0, 0.1) is 11.8 Å². The first kappa shape index (κ1) is 20.9. The van der Waals surface area contributed by atoms with E-state index in [2.05, 4.69) is 30.0 Å². The standard InChI is InChI=1S/C22H30N4O3/c1-15-6-5-8-18(16(15)2)23-20(27)10-11-21(28)24-25-22(29)14-26-13-12-17-7-3-4-9-19(17)26/h3-4,7,9,12-13,15-16,18H,5-6,8,10-11,14H2,1-2H3,(H,23,27)(H,24,28)(H,25,29)/t15-,16+,18+/m0/s1. The number of benzene rings is 1. The Morgan fingerprint density at radius 1 is 0.966 bits per heavy atom. The molecule has 3 rings (SSSR count). The van der Waals surface area contributed by atoms with Crippen molar-refractivity contribution in [2.45, 2.75) is 58.5 Å². The van der Waals surface area contributed by atoms with E-state index in [-0.39, 0.29) is 43.1 Å². The lowest BCUT2D eigenvalue weighted by Gasteiger charge is -2.34. The molecule has 7 heteroatoms. The molecule has 3 amide bonds. The van der Waals surface area contributed by atoms with E-state index in [1.165, 1.54) is 6.42 Å². The number of para-hydroxylation sites is 1. The molecule has 1 aromatic carbocycles. The Kier molecular flexibility index (Phi) is 6.90. The molecule has 1 fully saturated rings. The lowest BCUT2D eigenvalue weighted by molar-refractivity contribution is -0.130. The molecular formula is C22H30N4O3. The molecule has 7 nitrogen and oxygen atoms in total. The van der Waals surface area contributed by atoms with Gasteiger partial charge >= 0.3 is 0 Å². The largest absolute Gasteiger partial charge is 0.353 e. The van der Waals surface area contributed by atoms with Gasteiger partial charge in [0.25, 0.3) is 5.91 Å². The van der Waals surface area contributed by atoms with Crippen LogP contribution >= 0.6 is 0 Å². The summed E-state index contributed by atoms with van der Waals surface area (Å²) >= 11 is 0. The lowest BCUT2D eigenvalue weighted by Crippen LogP contribution is -2.45. The minimum atomic E-state index is -0.379. The SMILES string of the molecule is C[C@@H]1[C@@H](C)CCC[C@H]1NC(=O)CCC(=O)NNC(=O)Cn1ccc2ccccc21. The molecule has 0 aliphatic heterocycles. The molecule has 0 bridgehead atoms. The maximum Gasteiger partial charge on any atom is 0.258 e. The van der Waals surface area contributed by atoms with Crippen LogP contribution in [0.15, 0.2) is 36.5 Å². The molecule has 1 aliphatic rings. The second-order valence-electron chi connectivity index (χ2n) is 8.04. The third-order valence-corrected chi connectivity index (χ3v) is 5.97. The summed E-state index contributed by atoms with van der Waals surface area (Å²) in [4.78, 5) is 36.2. The average Bonchev–Trinajstić information content (AvgIpc) is 3.11. The van der Waals surface area contributed by atoms with Crippen LogP contribution in [0.1, 0.15) is 46.0 Å². The molecular weight excluding hydrogens is 368 g/mol. The number of carbonyl (C=O) groups is 3. The highest BCUT2D eigenvalue weighted by Crippen LogP contribution is 2.29. The molecule has 3 N–H and O–H groups in total. The van der Waals surface area contributed by atoms with Gasteiger partial charge in [-0.25, -0.2) is 0 Å². The van der Waals surface area contributed by atoms with E-state index >= 15 is 0 Å². The van der Waals surface area contributed by atoms with Crippen molar-refractivity contribution in [2.75, 3.05) is 0 Å². The average molecular weight is 399 g/mol. The van der Waals surface area contributed by atoms with Crippen LogP contribution in [0.25, 0.3) is 10.9 Å². The van der Waals surface area contributed by atoms with Crippen molar-refractivity contribution in [1.29, 1.82) is 0 Å². The van der Waals surface area contributed by atoms with Crippen molar-refractivity contribution in [2.24, 2.45) is 11.8 Å². The second kappa shape index (κ2) is 9.58. The molecule has 1 aliphatic carbocycles. The Hall–Kier alpha value is -2.83. The van der Waals surface area contributed by atoms with Gasteiger partial charge in [-0.2, -0.15) is 0 Å². The number of hydrogen-bond donors (Lipinski definition) is 3. The number of fused-ring (bicyclic) bond motifs is 1. The van der Waals surface area contributed by atoms with Crippen LogP contribution in [-0.4, -0.2) is 28.3 Å². The van der Waals surface area contributed by atoms with E-state index in [1.807, 2.05) is 41.1 Å². The summed E-state index contributed by atoms with van der Waals surface area (Å²) < 4.78 is 1.82. The van der Waals surface area contributed by atoms with Gasteiger partial charge in [-0.05, 0) is 35.8 Å². The topological polar surface area (TPSA) is 92.2 Å². The second-order valence-corrected chi connectivity index (χ2v) is 8.04. The van der Waals surface area contributed by atoms with E-state index in [1.54, 1.807) is 0 Å². The predicted octanol–water partition coefficient (Wildman–Crippen LogP) is 2.51. The molecule has 1 aromatic heterocycles. The minimum Gasteiger partial charge on any atom is -0.353 e. The summed E-state index contributed by atoms with van der Waals surface area (Å²) in [6.07, 6.45) is 5.31. The van der Waals surface area contributed by atoms with E-state index < -0.39 is 0 Å². The van der Waals surface area contributed by atoms with Gasteiger partial charge in [-0.3, -0.25) is 25.2 Å². The van der Waals surface area contributed by atoms with Gasteiger partial charge in [0.1, 0.15) is 6.54 Å². The van der Waals surface area contributed by atoms with Crippen molar-refractivity contribution < 1.29 is 14.4 Å². The van der Waals surface area contributed by atoms with Crippen LogP contribution in [0.2, 0.25) is 0 Å². The quantitative estimate of drug-likeness (QED) is 0.653. The van der Waals surface area contributed by atoms with Crippen molar-refractivity contribution in [3.05, 3.63) is 36.5 Å². The summed E-state index contributed by atoms with van der Waals surface area (Å²) in [5.41, 5.74) is 5.75. The van der Waals surface area contributed by atoms with E-state index in [0.717, 1.165) is 23.7 Å². The van der Waals surface area contributed by atoms with E-state index in [9.17, 15) is 14.4 Å². The van der Waals surface area contributed by atoms with Gasteiger partial charge in [-0.15, -0.1) is 0 Å². The monoisotopic (exact) mass is 398 g/mol. The van der Waals surface area contributed by atoms with Crippen LogP contribution in [0.5, 0.6) is 0 Å². The molecule has 0 unspecified atom stereocenters. The van der Waals surface area contributed by atoms with Crippen LogP contribution < -0.4 is 16.2 Å². The molecule has 2 aromatic rings. The Balaban J connectivity index is 1.37. The number of nitrogens with zero attached hydrogens (tertiary/aromatic N) is 1. The molecule has 0 spiro atoms. The summed E-state index contributed by atoms with van der Waals surface area (Å²) in [7, 11) is 0. The maximum absolute atomic E-state index is 12.2. The zero-order valence-electron chi connectivity index (χ0n) is 17.1. The fraction of sp³-hybridized carbons (Fsp3) is 0.500. The third-order valence-electron chi connectivity index (χ3n) is 5.97. The van der Waals surface area contributed by atoms with Crippen molar-refractivity contribution in [1.82, 2.24) is 20.7 Å². The normalized spacial score (nSPS) is 21.5. The van der Waals surface area contributed by atoms with Crippen molar-refractivity contribution in [3.63, 3.8) is 0 Å². The van der Waals surface area contributed by atoms with Gasteiger partial charge in [0.2, 0.25) is 11.8 Å². The van der Waals surface area contributed by atoms with Gasteiger partial charge < -0.3 is 9.88 Å². The summed E-state index contributed by atoms with van der Waals surface area (Å²) in [6.45, 7) is 4.49. The molecule has 0 radical (unpaired) electrons. The Bertz CT molecular complexity index is 876. The maximum atomic E-state index is 12.2. The number of nitrogens with one attached hydrogen (secondary N) is 3. The smallest absolute Gasteiger partial charge is 0.258 e. The zero-order valence-corrected chi connectivity index (χ0v) is 17.1. The number of carbonyl (C=O) groups excluding carboxylic acids is 3. The van der Waals surface area contributed by atoms with Crippen LogP contribution in [-0.2, 0) is 20.9 Å². The number of amides is 3. The highest BCUT2D eigenvalue weighted by Gasteiger charge is 2.28. The fourth-order valence-corrected chi connectivity index (χ4v) is 3.97. The first-order valence-corrected chi connectivity index (χ1v) is 10.3. The van der Waals surface area contributed by atoms with E-state index in [4.69, 9.17) is 0 Å². The Morgan fingerprint density at radius 2 is 1.69 bits per heavy atom. The lowest BCUT2D eigenvalue weighted by atomic mass is 9.78. The fourth-order valence-electron chi connectivity index (χ4n) is 3.97. The first-order chi connectivity index (χ1) is 13.9. The Labute approximate surface area is 171 Å². The molecule has 3 atom stereocenters. The van der Waals surface area contributed by atoms with Crippen molar-refractivity contribution >= 4 is 28.6 Å². The molecule has 156 valence electrons. The van der Waals surface area contributed by atoms with Gasteiger partial charge in [-0.1, -0.05) is 44.9 Å². The first-order valence-electron chi connectivity index (χ1n) is 10.3. The number of hydrogen-bond acceptors (Lipinski definition) is 3. The van der Waals surface area contributed by atoms with Gasteiger partial charge in [0.05, 0.1) is 0 Å². The minimum absolute atomic E-state index is 0.0369. The number of aromatic nitrogens is 1. The zero-order chi connectivity index (χ0) is 20.8. The number of hydrazine groups is 1. The highest BCUT2D eigenvalue weighted by atomic mass is 16.2. The summed E-state index contributed by atoms with van der Waals surface area (Å²) in [6, 6.07) is 9.90. The summed E-state index contributed by atoms with van der Waals surface area (Å²) in [5.74, 6) is 0.233.